The maximum Gasteiger partial charge on any atom is 0.349 e. The van der Waals surface area contributed by atoms with Crippen molar-refractivity contribution in [2.75, 3.05) is 37.8 Å². The second kappa shape index (κ2) is 9.88. The number of carboxylic acid groups (broad SMARTS) is 2. The molecule has 3 N–H and O–H groups in total. The lowest BCUT2D eigenvalue weighted by atomic mass is 9.98. The number of thiophene rings is 1. The minimum absolute atomic E-state index is 0.0326. The van der Waals surface area contributed by atoms with E-state index in [1.54, 1.807) is 6.92 Å². The van der Waals surface area contributed by atoms with E-state index >= 15 is 0 Å². The molecule has 0 aliphatic carbocycles. The highest BCUT2D eigenvalue weighted by Gasteiger charge is 2.25. The highest BCUT2D eigenvalue weighted by molar-refractivity contribution is 7.88. The molecule has 1 saturated heterocycles. The molecule has 9 nitrogen and oxygen atoms in total. The van der Waals surface area contributed by atoms with E-state index in [9.17, 15) is 23.1 Å². The van der Waals surface area contributed by atoms with Crippen LogP contribution in [0.25, 0.3) is 10.4 Å². The molecule has 2 aromatic rings. The van der Waals surface area contributed by atoms with Crippen molar-refractivity contribution in [1.82, 2.24) is 4.31 Å². The van der Waals surface area contributed by atoms with Crippen molar-refractivity contribution in [2.45, 2.75) is 19.8 Å². The average Bonchev–Trinajstić information content (AvgIpc) is 3.07. The molecule has 1 aliphatic heterocycles. The van der Waals surface area contributed by atoms with Crippen LogP contribution < -0.4 is 10.1 Å². The zero-order valence-electron chi connectivity index (χ0n) is 17.8. The van der Waals surface area contributed by atoms with Gasteiger partial charge in [0, 0.05) is 35.8 Å². The summed E-state index contributed by atoms with van der Waals surface area (Å²) in [5.41, 5.74) is 2.25. The first-order valence-corrected chi connectivity index (χ1v) is 12.7. The molecule has 174 valence electrons. The first-order valence-electron chi connectivity index (χ1n) is 10.1. The van der Waals surface area contributed by atoms with E-state index in [1.165, 1.54) is 10.6 Å². The predicted octanol–water partition coefficient (Wildman–Crippen LogP) is 2.97. The molecule has 0 bridgehead atoms. The van der Waals surface area contributed by atoms with Crippen LogP contribution >= 0.6 is 11.3 Å². The van der Waals surface area contributed by atoms with Gasteiger partial charge in [0.1, 0.15) is 5.75 Å². The van der Waals surface area contributed by atoms with Crippen LogP contribution in [0.15, 0.2) is 24.3 Å². The summed E-state index contributed by atoms with van der Waals surface area (Å²) in [6, 6.07) is 7.55. The van der Waals surface area contributed by atoms with Gasteiger partial charge in [-0.1, -0.05) is 12.1 Å². The summed E-state index contributed by atoms with van der Waals surface area (Å²) in [7, 11) is -3.14. The predicted molar refractivity (Wildman–Crippen MR) is 122 cm³/mol. The summed E-state index contributed by atoms with van der Waals surface area (Å²) in [4.78, 5) is 23.1. The van der Waals surface area contributed by atoms with Crippen LogP contribution in [0, 0.1) is 12.8 Å². The number of benzene rings is 1. The summed E-state index contributed by atoms with van der Waals surface area (Å²) in [6.07, 6.45) is 2.81. The van der Waals surface area contributed by atoms with E-state index in [2.05, 4.69) is 5.32 Å². The number of ether oxygens (including phenoxy) is 1. The Morgan fingerprint density at radius 2 is 1.94 bits per heavy atom. The fourth-order valence-electron chi connectivity index (χ4n) is 3.70. The molecule has 0 saturated carbocycles. The van der Waals surface area contributed by atoms with Gasteiger partial charge >= 0.3 is 11.9 Å². The molecular weight excluding hydrogens is 456 g/mol. The molecule has 0 atom stereocenters. The van der Waals surface area contributed by atoms with Gasteiger partial charge in [0.15, 0.2) is 11.5 Å². The lowest BCUT2D eigenvalue weighted by Crippen LogP contribution is -2.39. The average molecular weight is 483 g/mol. The topological polar surface area (TPSA) is 133 Å². The monoisotopic (exact) mass is 482 g/mol. The maximum atomic E-state index is 11.7. The zero-order chi connectivity index (χ0) is 23.5. The normalized spacial score (nSPS) is 15.4. The molecule has 0 unspecified atom stereocenters. The molecule has 1 aromatic carbocycles. The van der Waals surface area contributed by atoms with Gasteiger partial charge in [0.25, 0.3) is 0 Å². The number of sulfonamides is 1. The lowest BCUT2D eigenvalue weighted by molar-refractivity contribution is -0.139. The van der Waals surface area contributed by atoms with Crippen LogP contribution in [0.5, 0.6) is 5.75 Å². The standard InChI is InChI=1S/C21H26N2O7S2/c1-13-18(30-12-17(24)25)20(21(26)27)31-19(13)15-4-3-5-16(10-15)22-11-14-6-8-23(9-7-14)32(2,28)29/h3-5,10,14,22H,6-9,11-12H2,1-2H3,(H,24,25)(H,26,27). The van der Waals surface area contributed by atoms with E-state index in [0.717, 1.165) is 35.4 Å². The number of anilines is 1. The molecule has 0 amide bonds. The molecule has 2 heterocycles. The highest BCUT2D eigenvalue weighted by atomic mass is 32.2. The van der Waals surface area contributed by atoms with Crippen LogP contribution in [-0.4, -0.2) is 67.4 Å². The minimum atomic E-state index is -3.14. The molecule has 32 heavy (non-hydrogen) atoms. The Kier molecular flexibility index (Phi) is 7.42. The number of aromatic carboxylic acids is 1. The quantitative estimate of drug-likeness (QED) is 0.497. The molecule has 0 spiro atoms. The Labute approximate surface area is 190 Å². The van der Waals surface area contributed by atoms with Crippen molar-refractivity contribution < 1.29 is 33.0 Å². The van der Waals surface area contributed by atoms with Crippen molar-refractivity contribution in [3.8, 4) is 16.2 Å². The Morgan fingerprint density at radius 1 is 1.25 bits per heavy atom. The second-order valence-electron chi connectivity index (χ2n) is 7.77. The van der Waals surface area contributed by atoms with Gasteiger partial charge in [-0.15, -0.1) is 11.3 Å². The molecule has 1 aromatic heterocycles. The SMILES string of the molecule is Cc1c(-c2cccc(NCC3CCN(S(C)(=O)=O)CC3)c2)sc(C(=O)O)c1OCC(=O)O. The van der Waals surface area contributed by atoms with E-state index < -0.39 is 28.6 Å². The van der Waals surface area contributed by atoms with E-state index in [4.69, 9.17) is 9.84 Å². The highest BCUT2D eigenvalue weighted by Crippen LogP contribution is 2.42. The third-order valence-electron chi connectivity index (χ3n) is 5.39. The smallest absolute Gasteiger partial charge is 0.349 e. The molecule has 1 aliphatic rings. The van der Waals surface area contributed by atoms with Gasteiger partial charge in [0.2, 0.25) is 10.0 Å². The Bertz CT molecular complexity index is 1100. The third-order valence-corrected chi connectivity index (χ3v) is 8.00. The zero-order valence-corrected chi connectivity index (χ0v) is 19.5. The van der Waals surface area contributed by atoms with E-state index in [1.807, 2.05) is 24.3 Å². The maximum absolute atomic E-state index is 11.7. The van der Waals surface area contributed by atoms with Crippen molar-refractivity contribution in [2.24, 2.45) is 5.92 Å². The Hall–Kier alpha value is -2.63. The molecular formula is C21H26N2O7S2. The van der Waals surface area contributed by atoms with E-state index in [0.29, 0.717) is 36.0 Å². The summed E-state index contributed by atoms with van der Waals surface area (Å²) in [5, 5.41) is 21.8. The summed E-state index contributed by atoms with van der Waals surface area (Å²) < 4.78 is 30.1. The number of nitrogens with one attached hydrogen (secondary N) is 1. The van der Waals surface area contributed by atoms with Crippen molar-refractivity contribution >= 4 is 39.0 Å². The Balaban J connectivity index is 1.72. The number of aliphatic carboxylic acids is 1. The third kappa shape index (κ3) is 5.78. The summed E-state index contributed by atoms with van der Waals surface area (Å²) in [5.74, 6) is -1.91. The number of rotatable bonds is 9. The van der Waals surface area contributed by atoms with Gasteiger partial charge in [-0.05, 0) is 43.4 Å². The van der Waals surface area contributed by atoms with Crippen LogP contribution in [0.4, 0.5) is 5.69 Å². The van der Waals surface area contributed by atoms with Crippen molar-refractivity contribution in [3.05, 3.63) is 34.7 Å². The van der Waals surface area contributed by atoms with Crippen LogP contribution in [0.3, 0.4) is 0 Å². The van der Waals surface area contributed by atoms with Crippen molar-refractivity contribution in [1.29, 1.82) is 0 Å². The number of carboxylic acids is 2. The van der Waals surface area contributed by atoms with Crippen LogP contribution in [0.2, 0.25) is 0 Å². The second-order valence-corrected chi connectivity index (χ2v) is 10.8. The fourth-order valence-corrected chi connectivity index (χ4v) is 5.66. The Morgan fingerprint density at radius 3 is 2.53 bits per heavy atom. The molecule has 1 fully saturated rings. The largest absolute Gasteiger partial charge is 0.480 e. The first kappa shape index (κ1) is 24.0. The summed E-state index contributed by atoms with van der Waals surface area (Å²) >= 11 is 1.05. The van der Waals surface area contributed by atoms with Crippen molar-refractivity contribution in [3.63, 3.8) is 0 Å². The number of piperidine rings is 1. The minimum Gasteiger partial charge on any atom is -0.480 e. The number of hydrogen-bond donors (Lipinski definition) is 3. The lowest BCUT2D eigenvalue weighted by Gasteiger charge is -2.30. The number of nitrogens with zero attached hydrogens (tertiary/aromatic N) is 1. The molecule has 11 heteroatoms. The van der Waals surface area contributed by atoms with Gasteiger partial charge < -0.3 is 20.3 Å². The molecule has 3 rings (SSSR count). The van der Waals surface area contributed by atoms with Gasteiger partial charge in [-0.3, -0.25) is 0 Å². The first-order chi connectivity index (χ1) is 15.1. The van der Waals surface area contributed by atoms with Gasteiger partial charge in [0.05, 0.1) is 6.26 Å². The number of hydrogen-bond acceptors (Lipinski definition) is 7. The van der Waals surface area contributed by atoms with Crippen LogP contribution in [0.1, 0.15) is 28.1 Å². The van der Waals surface area contributed by atoms with Gasteiger partial charge in [-0.25, -0.2) is 22.3 Å². The fraction of sp³-hybridized carbons (Fsp3) is 0.429. The van der Waals surface area contributed by atoms with Crippen LogP contribution in [-0.2, 0) is 14.8 Å². The molecule has 0 radical (unpaired) electrons. The van der Waals surface area contributed by atoms with Gasteiger partial charge in [-0.2, -0.15) is 0 Å². The number of carbonyl (C=O) groups is 2. The summed E-state index contributed by atoms with van der Waals surface area (Å²) in [6.45, 7) is 2.85. The van der Waals surface area contributed by atoms with E-state index in [-0.39, 0.29) is 10.6 Å².